The van der Waals surface area contributed by atoms with Gasteiger partial charge in [-0.15, -0.1) is 0 Å². The van der Waals surface area contributed by atoms with E-state index in [0.29, 0.717) is 11.8 Å². The van der Waals surface area contributed by atoms with Crippen molar-refractivity contribution in [3.63, 3.8) is 0 Å². The molecule has 0 saturated heterocycles. The third kappa shape index (κ3) is 3.66. The SMILES string of the molecule is COC1=NC(C)(CC(C)C)C(NC(N)=S)N=C1. The van der Waals surface area contributed by atoms with Crippen LogP contribution < -0.4 is 11.1 Å². The van der Waals surface area contributed by atoms with E-state index in [2.05, 4.69) is 29.1 Å². The molecule has 2 atom stereocenters. The molecular weight excluding hydrogens is 236 g/mol. The lowest BCUT2D eigenvalue weighted by Crippen LogP contribution is -2.53. The van der Waals surface area contributed by atoms with Crippen molar-refractivity contribution >= 4 is 29.4 Å². The highest BCUT2D eigenvalue weighted by Gasteiger charge is 2.37. The second-order valence-electron chi connectivity index (χ2n) is 4.80. The number of rotatable bonds is 3. The fraction of sp³-hybridized carbons (Fsp3) is 0.727. The highest BCUT2D eigenvalue weighted by atomic mass is 32.1. The zero-order valence-corrected chi connectivity index (χ0v) is 11.5. The first-order valence-corrected chi connectivity index (χ1v) is 6.01. The molecule has 1 aliphatic heterocycles. The Bertz CT molecular complexity index is 353. The number of hydrogen-bond acceptors (Lipinski definition) is 4. The maximum absolute atomic E-state index is 5.51. The standard InChI is InChI=1S/C11H20N4OS/c1-7(2)5-11(3)9(14-10(12)17)13-6-8(15-11)16-4/h6-7,9H,5H2,1-4H3,(H3,12,14,17). The Morgan fingerprint density at radius 3 is 2.82 bits per heavy atom. The molecule has 6 heteroatoms. The molecule has 3 N–H and O–H groups in total. The van der Waals surface area contributed by atoms with Gasteiger partial charge >= 0.3 is 0 Å². The van der Waals surface area contributed by atoms with Crippen LogP contribution in [0.4, 0.5) is 0 Å². The molecule has 0 fully saturated rings. The van der Waals surface area contributed by atoms with Crippen molar-refractivity contribution in [3.05, 3.63) is 0 Å². The Morgan fingerprint density at radius 1 is 1.71 bits per heavy atom. The van der Waals surface area contributed by atoms with Crippen LogP contribution in [0.2, 0.25) is 0 Å². The molecule has 0 amide bonds. The lowest BCUT2D eigenvalue weighted by atomic mass is 9.88. The first-order chi connectivity index (χ1) is 7.87. The summed E-state index contributed by atoms with van der Waals surface area (Å²) in [5, 5.41) is 3.21. The lowest BCUT2D eigenvalue weighted by molar-refractivity contribution is 0.285. The summed E-state index contributed by atoms with van der Waals surface area (Å²) in [4.78, 5) is 8.94. The second-order valence-corrected chi connectivity index (χ2v) is 5.24. The Balaban J connectivity index is 2.94. The van der Waals surface area contributed by atoms with Crippen LogP contribution in [0.15, 0.2) is 9.98 Å². The number of thiocarbonyl (C=S) groups is 1. The molecule has 0 saturated carbocycles. The van der Waals surface area contributed by atoms with Gasteiger partial charge in [-0.2, -0.15) is 0 Å². The van der Waals surface area contributed by atoms with Gasteiger partial charge in [-0.25, -0.2) is 4.99 Å². The zero-order valence-electron chi connectivity index (χ0n) is 10.7. The first kappa shape index (κ1) is 13.9. The van der Waals surface area contributed by atoms with Gasteiger partial charge in [0.1, 0.15) is 11.7 Å². The summed E-state index contributed by atoms with van der Waals surface area (Å²) in [5.41, 5.74) is 5.12. The molecule has 0 aliphatic carbocycles. The van der Waals surface area contributed by atoms with Crippen LogP contribution in [-0.2, 0) is 4.74 Å². The number of hydrogen-bond donors (Lipinski definition) is 2. The van der Waals surface area contributed by atoms with Gasteiger partial charge in [0.05, 0.1) is 13.3 Å². The van der Waals surface area contributed by atoms with Crippen molar-refractivity contribution in [2.75, 3.05) is 7.11 Å². The summed E-state index contributed by atoms with van der Waals surface area (Å²) < 4.78 is 5.13. The predicted octanol–water partition coefficient (Wildman–Crippen LogP) is 1.08. The molecule has 5 nitrogen and oxygen atoms in total. The Labute approximate surface area is 108 Å². The van der Waals surface area contributed by atoms with Gasteiger partial charge in [-0.3, -0.25) is 4.99 Å². The molecule has 1 heterocycles. The van der Waals surface area contributed by atoms with Crippen molar-refractivity contribution < 1.29 is 4.74 Å². The lowest BCUT2D eigenvalue weighted by Gasteiger charge is -2.36. The zero-order chi connectivity index (χ0) is 13.1. The largest absolute Gasteiger partial charge is 0.480 e. The number of ether oxygens (including phenoxy) is 1. The fourth-order valence-corrected chi connectivity index (χ4v) is 2.16. The molecular formula is C11H20N4OS. The topological polar surface area (TPSA) is 72.0 Å². The summed E-state index contributed by atoms with van der Waals surface area (Å²) in [5.74, 6) is 1.03. The molecule has 2 unspecified atom stereocenters. The molecule has 96 valence electrons. The number of nitrogens with two attached hydrogens (primary N) is 1. The monoisotopic (exact) mass is 256 g/mol. The molecule has 0 aromatic carbocycles. The summed E-state index contributed by atoms with van der Waals surface area (Å²) >= 11 is 4.86. The molecule has 1 rings (SSSR count). The van der Waals surface area contributed by atoms with E-state index in [4.69, 9.17) is 22.7 Å². The average molecular weight is 256 g/mol. The smallest absolute Gasteiger partial charge is 0.227 e. The molecule has 0 radical (unpaired) electrons. The minimum absolute atomic E-state index is 0.234. The fourth-order valence-electron chi connectivity index (χ4n) is 2.05. The van der Waals surface area contributed by atoms with E-state index < -0.39 is 5.54 Å². The molecule has 0 aromatic heterocycles. The van der Waals surface area contributed by atoms with Crippen molar-refractivity contribution in [2.24, 2.45) is 21.6 Å². The van der Waals surface area contributed by atoms with Crippen LogP contribution in [0, 0.1) is 5.92 Å². The Morgan fingerprint density at radius 2 is 2.35 bits per heavy atom. The predicted molar refractivity (Wildman–Crippen MR) is 74.5 cm³/mol. The molecule has 0 spiro atoms. The van der Waals surface area contributed by atoms with E-state index in [9.17, 15) is 0 Å². The first-order valence-electron chi connectivity index (χ1n) is 5.60. The maximum Gasteiger partial charge on any atom is 0.227 e. The van der Waals surface area contributed by atoms with Gasteiger partial charge in [0.2, 0.25) is 5.90 Å². The minimum Gasteiger partial charge on any atom is -0.480 e. The summed E-state index contributed by atoms with van der Waals surface area (Å²) in [7, 11) is 1.59. The van der Waals surface area contributed by atoms with E-state index >= 15 is 0 Å². The van der Waals surface area contributed by atoms with Gasteiger partial charge in [0.15, 0.2) is 5.11 Å². The van der Waals surface area contributed by atoms with Crippen molar-refractivity contribution in [1.82, 2.24) is 5.32 Å². The third-order valence-electron chi connectivity index (χ3n) is 2.60. The molecule has 17 heavy (non-hydrogen) atoms. The Kier molecular flexibility index (Phi) is 4.45. The van der Waals surface area contributed by atoms with Crippen LogP contribution in [0.3, 0.4) is 0 Å². The van der Waals surface area contributed by atoms with Gasteiger partial charge in [-0.05, 0) is 31.5 Å². The van der Waals surface area contributed by atoms with E-state index in [1.54, 1.807) is 13.3 Å². The van der Waals surface area contributed by atoms with Crippen molar-refractivity contribution in [3.8, 4) is 0 Å². The van der Waals surface area contributed by atoms with E-state index in [-0.39, 0.29) is 11.3 Å². The van der Waals surface area contributed by atoms with Gasteiger partial charge in [0, 0.05) is 0 Å². The maximum atomic E-state index is 5.51. The van der Waals surface area contributed by atoms with Crippen LogP contribution in [0.1, 0.15) is 27.2 Å². The number of aliphatic imine (C=N–C) groups is 2. The van der Waals surface area contributed by atoms with Crippen LogP contribution >= 0.6 is 12.2 Å². The minimum atomic E-state index is -0.391. The second kappa shape index (κ2) is 5.44. The highest BCUT2D eigenvalue weighted by molar-refractivity contribution is 7.80. The Hall–Kier alpha value is -1.17. The van der Waals surface area contributed by atoms with Gasteiger partial charge < -0.3 is 15.8 Å². The average Bonchev–Trinajstić information content (AvgIpc) is 2.19. The van der Waals surface area contributed by atoms with Crippen molar-refractivity contribution in [2.45, 2.75) is 38.9 Å². The van der Waals surface area contributed by atoms with E-state index in [0.717, 1.165) is 6.42 Å². The van der Waals surface area contributed by atoms with Gasteiger partial charge in [0.25, 0.3) is 0 Å². The molecule has 0 aromatic rings. The molecule has 1 aliphatic rings. The van der Waals surface area contributed by atoms with E-state index in [1.807, 2.05) is 6.92 Å². The normalized spacial score (nSPS) is 27.8. The molecule has 0 bridgehead atoms. The van der Waals surface area contributed by atoms with Gasteiger partial charge in [-0.1, -0.05) is 13.8 Å². The van der Waals surface area contributed by atoms with Crippen LogP contribution in [0.5, 0.6) is 0 Å². The van der Waals surface area contributed by atoms with Crippen LogP contribution in [-0.4, -0.2) is 36.0 Å². The number of methoxy groups -OCH3 is 1. The van der Waals surface area contributed by atoms with Crippen LogP contribution in [0.25, 0.3) is 0 Å². The quantitative estimate of drug-likeness (QED) is 0.741. The third-order valence-corrected chi connectivity index (χ3v) is 2.72. The highest BCUT2D eigenvalue weighted by Crippen LogP contribution is 2.28. The number of nitrogens with zero attached hydrogens (tertiary/aromatic N) is 2. The van der Waals surface area contributed by atoms with E-state index in [1.165, 1.54) is 0 Å². The summed E-state index contributed by atoms with van der Waals surface area (Å²) in [6.45, 7) is 6.31. The van der Waals surface area contributed by atoms with Crippen molar-refractivity contribution in [1.29, 1.82) is 0 Å². The summed E-state index contributed by atoms with van der Waals surface area (Å²) in [6.07, 6.45) is 2.23. The number of nitrogens with one attached hydrogen (secondary N) is 1. The summed E-state index contributed by atoms with van der Waals surface area (Å²) in [6, 6.07) is 0.